The quantitative estimate of drug-likeness (QED) is 0.428. The van der Waals surface area contributed by atoms with Crippen LogP contribution in [0.15, 0.2) is 12.2 Å². The second-order valence-electron chi connectivity index (χ2n) is 6.53. The summed E-state index contributed by atoms with van der Waals surface area (Å²) in [6, 6.07) is 0. The first-order valence-electron chi connectivity index (χ1n) is 6.80. The van der Waals surface area contributed by atoms with Crippen molar-refractivity contribution in [1.82, 2.24) is 0 Å². The summed E-state index contributed by atoms with van der Waals surface area (Å²) in [5.74, 6) is 0.387. The molecule has 0 aromatic carbocycles. The highest BCUT2D eigenvalue weighted by atomic mass is 16.6. The molecule has 1 aliphatic heterocycles. The van der Waals surface area contributed by atoms with Gasteiger partial charge in [-0.2, -0.15) is 0 Å². The standard InChI is InChI=1S/C15H20O3/c1-9-8-11-12-10(2)14(9,3)4-5-15(12,6-7-16)13(17)18-11/h7,9,11-12H,2,4-6,8H2,1,3H3/t9-,11-,12-,14+,15-/m1/s1. The van der Waals surface area contributed by atoms with Crippen LogP contribution < -0.4 is 0 Å². The summed E-state index contributed by atoms with van der Waals surface area (Å²) in [6.07, 6.45) is 3.74. The molecule has 3 nitrogen and oxygen atoms in total. The van der Waals surface area contributed by atoms with E-state index < -0.39 is 5.41 Å². The fourth-order valence-corrected chi connectivity index (χ4v) is 4.44. The van der Waals surface area contributed by atoms with E-state index in [1.54, 1.807) is 0 Å². The van der Waals surface area contributed by atoms with Crippen LogP contribution in [0.5, 0.6) is 0 Å². The Balaban J connectivity index is 2.09. The monoisotopic (exact) mass is 248 g/mol. The van der Waals surface area contributed by atoms with Gasteiger partial charge in [0.05, 0.1) is 5.41 Å². The van der Waals surface area contributed by atoms with Crippen molar-refractivity contribution in [3.63, 3.8) is 0 Å². The molecular weight excluding hydrogens is 228 g/mol. The molecule has 0 aromatic rings. The first kappa shape index (κ1) is 11.9. The molecule has 0 radical (unpaired) electrons. The Kier molecular flexibility index (Phi) is 2.30. The van der Waals surface area contributed by atoms with Crippen LogP contribution in [0.4, 0.5) is 0 Å². The molecule has 3 aliphatic rings. The van der Waals surface area contributed by atoms with Crippen molar-refractivity contribution in [2.75, 3.05) is 0 Å². The molecule has 3 rings (SSSR count). The van der Waals surface area contributed by atoms with Gasteiger partial charge in [0.2, 0.25) is 0 Å². The number of carbonyl (C=O) groups excluding carboxylic acids is 2. The topological polar surface area (TPSA) is 43.4 Å². The van der Waals surface area contributed by atoms with Gasteiger partial charge in [-0.15, -0.1) is 0 Å². The highest BCUT2D eigenvalue weighted by Gasteiger charge is 2.66. The van der Waals surface area contributed by atoms with Gasteiger partial charge in [0.15, 0.2) is 0 Å². The number of fused-ring (bicyclic) bond motifs is 1. The van der Waals surface area contributed by atoms with Crippen LogP contribution in [0.25, 0.3) is 0 Å². The maximum Gasteiger partial charge on any atom is 0.313 e. The maximum atomic E-state index is 12.2. The molecule has 2 saturated carbocycles. The lowest BCUT2D eigenvalue weighted by molar-refractivity contribution is -0.150. The van der Waals surface area contributed by atoms with Crippen LogP contribution in [0.2, 0.25) is 0 Å². The predicted molar refractivity (Wildman–Crippen MR) is 66.7 cm³/mol. The van der Waals surface area contributed by atoms with Gasteiger partial charge in [0, 0.05) is 12.3 Å². The molecule has 0 N–H and O–H groups in total. The first-order chi connectivity index (χ1) is 8.45. The molecule has 2 bridgehead atoms. The fraction of sp³-hybridized carbons (Fsp3) is 0.733. The molecule has 0 unspecified atom stereocenters. The highest BCUT2D eigenvalue weighted by molar-refractivity contribution is 5.84. The van der Waals surface area contributed by atoms with Gasteiger partial charge in [0.25, 0.3) is 0 Å². The Bertz CT molecular complexity index is 441. The van der Waals surface area contributed by atoms with Crippen LogP contribution in [-0.2, 0) is 14.3 Å². The molecule has 3 fully saturated rings. The Morgan fingerprint density at radius 2 is 2.22 bits per heavy atom. The third kappa shape index (κ3) is 1.15. The van der Waals surface area contributed by atoms with E-state index >= 15 is 0 Å². The van der Waals surface area contributed by atoms with E-state index in [2.05, 4.69) is 20.4 Å². The maximum absolute atomic E-state index is 12.2. The van der Waals surface area contributed by atoms with Crippen LogP contribution >= 0.6 is 0 Å². The van der Waals surface area contributed by atoms with E-state index in [9.17, 15) is 9.59 Å². The Morgan fingerprint density at radius 1 is 1.50 bits per heavy atom. The molecule has 1 saturated heterocycles. The van der Waals surface area contributed by atoms with E-state index in [1.165, 1.54) is 0 Å². The minimum Gasteiger partial charge on any atom is -0.461 e. The highest BCUT2D eigenvalue weighted by Crippen LogP contribution is 2.65. The van der Waals surface area contributed by atoms with Crippen molar-refractivity contribution in [2.45, 2.75) is 45.6 Å². The number of hydrogen-bond donors (Lipinski definition) is 0. The van der Waals surface area contributed by atoms with Crippen molar-refractivity contribution < 1.29 is 14.3 Å². The zero-order chi connectivity index (χ0) is 13.1. The lowest BCUT2D eigenvalue weighted by Gasteiger charge is -2.54. The lowest BCUT2D eigenvalue weighted by Crippen LogP contribution is -2.51. The minimum atomic E-state index is -0.594. The van der Waals surface area contributed by atoms with Crippen LogP contribution in [-0.4, -0.2) is 18.4 Å². The molecule has 0 amide bonds. The lowest BCUT2D eigenvalue weighted by atomic mass is 9.48. The SMILES string of the molecule is C=C1[C@@H]2[C@H]3C[C@@H](C)[C@]1(C)CC[C@]2(CC=O)C(=O)O3. The van der Waals surface area contributed by atoms with Crippen molar-refractivity contribution in [3.05, 3.63) is 12.2 Å². The van der Waals surface area contributed by atoms with Crippen molar-refractivity contribution >= 4 is 12.3 Å². The van der Waals surface area contributed by atoms with Crippen molar-refractivity contribution in [2.24, 2.45) is 22.7 Å². The zero-order valence-electron chi connectivity index (χ0n) is 11.1. The summed E-state index contributed by atoms with van der Waals surface area (Å²) >= 11 is 0. The zero-order valence-corrected chi connectivity index (χ0v) is 11.1. The Morgan fingerprint density at radius 3 is 2.89 bits per heavy atom. The van der Waals surface area contributed by atoms with Gasteiger partial charge in [-0.25, -0.2) is 0 Å². The normalized spacial score (nSPS) is 50.0. The average Bonchev–Trinajstić information content (AvgIpc) is 2.59. The van der Waals surface area contributed by atoms with E-state index in [4.69, 9.17) is 4.74 Å². The minimum absolute atomic E-state index is 0.0478. The second-order valence-corrected chi connectivity index (χ2v) is 6.53. The number of esters is 1. The molecule has 0 aromatic heterocycles. The number of aldehydes is 1. The number of carbonyl (C=O) groups is 2. The Labute approximate surface area is 108 Å². The number of ether oxygens (including phenoxy) is 1. The van der Waals surface area contributed by atoms with Gasteiger partial charge in [-0.05, 0) is 30.6 Å². The van der Waals surface area contributed by atoms with Crippen LogP contribution in [0, 0.1) is 22.7 Å². The smallest absolute Gasteiger partial charge is 0.313 e. The molecule has 3 heteroatoms. The average molecular weight is 248 g/mol. The summed E-state index contributed by atoms with van der Waals surface area (Å²) < 4.78 is 5.58. The van der Waals surface area contributed by atoms with E-state index in [1.807, 2.05) is 0 Å². The molecule has 5 atom stereocenters. The summed E-state index contributed by atoms with van der Waals surface area (Å²) in [5.41, 5.74) is 0.662. The number of hydrogen-bond acceptors (Lipinski definition) is 3. The van der Waals surface area contributed by atoms with E-state index in [0.717, 1.165) is 31.1 Å². The van der Waals surface area contributed by atoms with Crippen molar-refractivity contribution in [1.29, 1.82) is 0 Å². The summed E-state index contributed by atoms with van der Waals surface area (Å²) in [7, 11) is 0. The van der Waals surface area contributed by atoms with Gasteiger partial charge in [0.1, 0.15) is 12.4 Å². The van der Waals surface area contributed by atoms with Gasteiger partial charge < -0.3 is 9.53 Å². The molecular formula is C15H20O3. The summed E-state index contributed by atoms with van der Waals surface area (Å²) in [5, 5.41) is 0. The van der Waals surface area contributed by atoms with Gasteiger partial charge in [-0.1, -0.05) is 26.0 Å². The first-order valence-corrected chi connectivity index (χ1v) is 6.80. The molecule has 1 heterocycles. The molecule has 2 aliphatic carbocycles. The molecule has 18 heavy (non-hydrogen) atoms. The summed E-state index contributed by atoms with van der Waals surface area (Å²) in [4.78, 5) is 23.2. The predicted octanol–water partition coefficient (Wildman–Crippen LogP) is 2.50. The third-order valence-corrected chi connectivity index (χ3v) is 5.95. The van der Waals surface area contributed by atoms with E-state index in [-0.39, 0.29) is 29.8 Å². The largest absolute Gasteiger partial charge is 0.461 e. The molecule has 98 valence electrons. The van der Waals surface area contributed by atoms with Gasteiger partial charge >= 0.3 is 5.97 Å². The van der Waals surface area contributed by atoms with Crippen molar-refractivity contribution in [3.8, 4) is 0 Å². The second kappa shape index (κ2) is 3.46. The van der Waals surface area contributed by atoms with Crippen LogP contribution in [0.3, 0.4) is 0 Å². The Hall–Kier alpha value is -1.12. The number of rotatable bonds is 2. The van der Waals surface area contributed by atoms with Crippen LogP contribution in [0.1, 0.15) is 39.5 Å². The van der Waals surface area contributed by atoms with Gasteiger partial charge in [-0.3, -0.25) is 4.79 Å². The van der Waals surface area contributed by atoms with E-state index in [0.29, 0.717) is 5.92 Å². The summed E-state index contributed by atoms with van der Waals surface area (Å²) in [6.45, 7) is 8.75. The third-order valence-electron chi connectivity index (χ3n) is 5.95. The molecule has 0 spiro atoms. The fourth-order valence-electron chi connectivity index (χ4n) is 4.44.